The molecule has 1 aromatic rings. The highest BCUT2D eigenvalue weighted by atomic mass is 35.5. The summed E-state index contributed by atoms with van der Waals surface area (Å²) in [6, 6.07) is 10.9. The largest absolute Gasteiger partial charge is 0.215 e. The van der Waals surface area contributed by atoms with Crippen molar-refractivity contribution in [2.45, 2.75) is 18.9 Å². The lowest BCUT2D eigenvalue weighted by Gasteiger charge is -2.21. The van der Waals surface area contributed by atoms with Gasteiger partial charge in [0.05, 0.1) is 6.04 Å². The first kappa shape index (κ1) is 9.04. The Kier molecular flexibility index (Phi) is 2.56. The van der Waals surface area contributed by atoms with Gasteiger partial charge in [-0.25, -0.2) is 4.42 Å². The summed E-state index contributed by atoms with van der Waals surface area (Å²) >= 11 is 6.05. The van der Waals surface area contributed by atoms with Crippen LogP contribution in [0.5, 0.6) is 0 Å². The van der Waals surface area contributed by atoms with Gasteiger partial charge in [-0.05, 0) is 36.1 Å². The average Bonchev–Trinajstić information content (AvgIpc) is 2.90. The van der Waals surface area contributed by atoms with E-state index in [2.05, 4.69) is 24.3 Å². The van der Waals surface area contributed by atoms with Crippen molar-refractivity contribution < 1.29 is 0 Å². The van der Waals surface area contributed by atoms with Crippen LogP contribution in [-0.4, -0.2) is 11.5 Å². The van der Waals surface area contributed by atoms with Crippen LogP contribution < -0.4 is 0 Å². The number of benzene rings is 1. The van der Waals surface area contributed by atoms with E-state index in [0.29, 0.717) is 6.04 Å². The highest BCUT2D eigenvalue weighted by molar-refractivity contribution is 6.13. The summed E-state index contributed by atoms with van der Waals surface area (Å²) in [6.07, 6.45) is 2.63. The van der Waals surface area contributed by atoms with Gasteiger partial charge in [0.1, 0.15) is 0 Å². The molecule has 2 rings (SSSR count). The molecule has 0 radical (unpaired) electrons. The molecule has 1 aliphatic carbocycles. The van der Waals surface area contributed by atoms with Crippen molar-refractivity contribution in [3.8, 4) is 0 Å². The molecule has 13 heavy (non-hydrogen) atoms. The molecule has 2 heteroatoms. The Labute approximate surface area is 84.4 Å². The SMILES string of the molecule is CN(Cl)[C@H](c1ccccc1)C1CC1. The van der Waals surface area contributed by atoms with Crippen molar-refractivity contribution in [1.82, 2.24) is 4.42 Å². The van der Waals surface area contributed by atoms with E-state index < -0.39 is 0 Å². The van der Waals surface area contributed by atoms with Crippen LogP contribution in [0.3, 0.4) is 0 Å². The van der Waals surface area contributed by atoms with Gasteiger partial charge in [-0.2, -0.15) is 0 Å². The fraction of sp³-hybridized carbons (Fsp3) is 0.455. The second-order valence-electron chi connectivity index (χ2n) is 3.72. The van der Waals surface area contributed by atoms with Gasteiger partial charge in [-0.1, -0.05) is 30.3 Å². The second kappa shape index (κ2) is 3.69. The number of rotatable bonds is 3. The van der Waals surface area contributed by atoms with Crippen molar-refractivity contribution >= 4 is 11.8 Å². The number of halogens is 1. The van der Waals surface area contributed by atoms with E-state index in [1.54, 1.807) is 0 Å². The molecule has 0 N–H and O–H groups in total. The zero-order valence-corrected chi connectivity index (χ0v) is 8.54. The fourth-order valence-corrected chi connectivity index (χ4v) is 2.10. The number of hydrogen-bond donors (Lipinski definition) is 0. The van der Waals surface area contributed by atoms with Gasteiger partial charge < -0.3 is 0 Å². The Bertz CT molecular complexity index is 265. The molecule has 1 nitrogen and oxygen atoms in total. The summed E-state index contributed by atoms with van der Waals surface area (Å²) in [5.74, 6) is 0.768. The van der Waals surface area contributed by atoms with Crippen LogP contribution in [0.1, 0.15) is 24.4 Å². The smallest absolute Gasteiger partial charge is 0.0526 e. The maximum atomic E-state index is 6.05. The van der Waals surface area contributed by atoms with Gasteiger partial charge in [0.25, 0.3) is 0 Å². The molecule has 0 saturated heterocycles. The summed E-state index contributed by atoms with van der Waals surface area (Å²) in [5, 5.41) is 0. The van der Waals surface area contributed by atoms with E-state index in [1.807, 2.05) is 17.5 Å². The topological polar surface area (TPSA) is 3.24 Å². The van der Waals surface area contributed by atoms with Crippen molar-refractivity contribution in [3.05, 3.63) is 35.9 Å². The van der Waals surface area contributed by atoms with Crippen molar-refractivity contribution in [2.24, 2.45) is 5.92 Å². The van der Waals surface area contributed by atoms with Crippen molar-refractivity contribution in [2.75, 3.05) is 7.05 Å². The lowest BCUT2D eigenvalue weighted by atomic mass is 10.0. The van der Waals surface area contributed by atoms with Gasteiger partial charge in [0.15, 0.2) is 0 Å². The fourth-order valence-electron chi connectivity index (χ4n) is 1.83. The predicted octanol–water partition coefficient (Wildman–Crippen LogP) is 3.22. The molecule has 0 heterocycles. The minimum Gasteiger partial charge on any atom is -0.215 e. The first-order valence-corrected chi connectivity index (χ1v) is 5.06. The van der Waals surface area contributed by atoms with Crippen LogP contribution in [0.4, 0.5) is 0 Å². The van der Waals surface area contributed by atoms with Gasteiger partial charge in [-0.15, -0.1) is 0 Å². The van der Waals surface area contributed by atoms with Crippen LogP contribution in [0.15, 0.2) is 30.3 Å². The van der Waals surface area contributed by atoms with Crippen LogP contribution in [0, 0.1) is 5.92 Å². The Morgan fingerprint density at radius 2 is 1.92 bits per heavy atom. The van der Waals surface area contributed by atoms with E-state index in [0.717, 1.165) is 5.92 Å². The summed E-state index contributed by atoms with van der Waals surface area (Å²) in [4.78, 5) is 0. The molecular weight excluding hydrogens is 182 g/mol. The molecule has 1 saturated carbocycles. The van der Waals surface area contributed by atoms with Crippen LogP contribution in [-0.2, 0) is 0 Å². The molecule has 70 valence electrons. The Hall–Kier alpha value is -0.530. The minimum atomic E-state index is 0.405. The third-order valence-electron chi connectivity index (χ3n) is 2.59. The third-order valence-corrected chi connectivity index (χ3v) is 2.80. The highest BCUT2D eigenvalue weighted by Crippen LogP contribution is 2.44. The van der Waals surface area contributed by atoms with Gasteiger partial charge >= 0.3 is 0 Å². The zero-order valence-electron chi connectivity index (χ0n) is 7.78. The summed E-state index contributed by atoms with van der Waals surface area (Å²) in [5.41, 5.74) is 1.34. The molecule has 1 aromatic carbocycles. The maximum Gasteiger partial charge on any atom is 0.0526 e. The number of nitrogens with zero attached hydrogens (tertiary/aromatic N) is 1. The minimum absolute atomic E-state index is 0.405. The Morgan fingerprint density at radius 1 is 1.31 bits per heavy atom. The van der Waals surface area contributed by atoms with Gasteiger partial charge in [0.2, 0.25) is 0 Å². The Balaban J connectivity index is 2.20. The summed E-state index contributed by atoms with van der Waals surface area (Å²) < 4.78 is 1.81. The van der Waals surface area contributed by atoms with Crippen LogP contribution in [0.2, 0.25) is 0 Å². The van der Waals surface area contributed by atoms with Crippen molar-refractivity contribution in [3.63, 3.8) is 0 Å². The van der Waals surface area contributed by atoms with E-state index in [9.17, 15) is 0 Å². The molecule has 1 aliphatic rings. The highest BCUT2D eigenvalue weighted by Gasteiger charge is 2.34. The average molecular weight is 196 g/mol. The van der Waals surface area contributed by atoms with E-state index >= 15 is 0 Å². The molecule has 0 amide bonds. The van der Waals surface area contributed by atoms with Crippen molar-refractivity contribution in [1.29, 1.82) is 0 Å². The molecule has 0 unspecified atom stereocenters. The first-order chi connectivity index (χ1) is 6.29. The van der Waals surface area contributed by atoms with Crippen LogP contribution in [0.25, 0.3) is 0 Å². The molecule has 0 spiro atoms. The molecule has 1 atom stereocenters. The van der Waals surface area contributed by atoms with E-state index in [4.69, 9.17) is 11.8 Å². The third kappa shape index (κ3) is 2.04. The lowest BCUT2D eigenvalue weighted by molar-refractivity contribution is 0.365. The van der Waals surface area contributed by atoms with Gasteiger partial charge in [0, 0.05) is 7.05 Å². The predicted molar refractivity (Wildman–Crippen MR) is 55.5 cm³/mol. The molecule has 0 aromatic heterocycles. The molecule has 1 fully saturated rings. The Morgan fingerprint density at radius 3 is 2.38 bits per heavy atom. The quantitative estimate of drug-likeness (QED) is 0.670. The summed E-state index contributed by atoms with van der Waals surface area (Å²) in [7, 11) is 1.94. The molecule has 0 aliphatic heterocycles. The zero-order chi connectivity index (χ0) is 9.26. The van der Waals surface area contributed by atoms with E-state index in [-0.39, 0.29) is 0 Å². The van der Waals surface area contributed by atoms with Gasteiger partial charge in [-0.3, -0.25) is 0 Å². The maximum absolute atomic E-state index is 6.05. The second-order valence-corrected chi connectivity index (χ2v) is 4.25. The molecule has 0 bridgehead atoms. The number of hydrogen-bond acceptors (Lipinski definition) is 1. The normalized spacial score (nSPS) is 19.0. The first-order valence-electron chi connectivity index (χ1n) is 4.72. The standard InChI is InChI=1S/C11H14ClN/c1-13(12)11(10-7-8-10)9-5-3-2-4-6-9/h2-6,10-11H,7-8H2,1H3/t11-/m1/s1. The van der Waals surface area contributed by atoms with E-state index in [1.165, 1.54) is 18.4 Å². The summed E-state index contributed by atoms with van der Waals surface area (Å²) in [6.45, 7) is 0. The van der Waals surface area contributed by atoms with Crippen LogP contribution >= 0.6 is 11.8 Å². The lowest BCUT2D eigenvalue weighted by Crippen LogP contribution is -2.16. The molecular formula is C11H14ClN. The monoisotopic (exact) mass is 195 g/mol.